The molecule has 1 heterocycles. The molecule has 2 N–H and O–H groups in total. The van der Waals surface area contributed by atoms with Gasteiger partial charge in [-0.05, 0) is 24.8 Å². The topological polar surface area (TPSA) is 43.8 Å². The molecule has 0 aliphatic rings. The number of nitrogens with two attached hydrogens (primary N) is 1. The van der Waals surface area contributed by atoms with Crippen LogP contribution in [-0.2, 0) is 19.9 Å². The fraction of sp³-hybridized carbons (Fsp3) is 0.438. The average Bonchev–Trinajstić information content (AvgIpc) is 2.83. The number of hydrogen-bond acceptors (Lipinski definition) is 2. The number of aryl methyl sites for hydroxylation is 2. The predicted molar refractivity (Wildman–Crippen MR) is 78.9 cm³/mol. The lowest BCUT2D eigenvalue weighted by Gasteiger charge is -2.28. The largest absolute Gasteiger partial charge is 0.338 e. The van der Waals surface area contributed by atoms with E-state index in [4.69, 9.17) is 5.73 Å². The summed E-state index contributed by atoms with van der Waals surface area (Å²) in [6, 6.07) is 10.5. The van der Waals surface area contributed by atoms with E-state index in [-0.39, 0.29) is 5.54 Å². The third-order valence-electron chi connectivity index (χ3n) is 3.87. The molecule has 0 saturated carbocycles. The molecule has 1 unspecified atom stereocenters. The van der Waals surface area contributed by atoms with Crippen molar-refractivity contribution in [2.24, 2.45) is 12.8 Å². The highest BCUT2D eigenvalue weighted by atomic mass is 15.0. The van der Waals surface area contributed by atoms with E-state index in [1.807, 2.05) is 25.5 Å². The number of rotatable bonds is 6. The lowest BCUT2D eigenvalue weighted by atomic mass is 9.85. The van der Waals surface area contributed by atoms with Crippen LogP contribution in [-0.4, -0.2) is 15.1 Å². The van der Waals surface area contributed by atoms with Crippen LogP contribution in [0.1, 0.15) is 31.2 Å². The molecule has 0 saturated heterocycles. The van der Waals surface area contributed by atoms with Crippen LogP contribution in [0.4, 0.5) is 0 Å². The van der Waals surface area contributed by atoms with Gasteiger partial charge in [-0.3, -0.25) is 0 Å². The molecule has 1 atom stereocenters. The van der Waals surface area contributed by atoms with Gasteiger partial charge in [0.15, 0.2) is 0 Å². The molecule has 3 nitrogen and oxygen atoms in total. The van der Waals surface area contributed by atoms with Crippen LogP contribution >= 0.6 is 0 Å². The van der Waals surface area contributed by atoms with Gasteiger partial charge < -0.3 is 10.3 Å². The Labute approximate surface area is 115 Å². The third kappa shape index (κ3) is 3.67. The van der Waals surface area contributed by atoms with E-state index < -0.39 is 0 Å². The van der Waals surface area contributed by atoms with Crippen LogP contribution in [0.25, 0.3) is 0 Å². The maximum absolute atomic E-state index is 6.56. The molecule has 0 spiro atoms. The van der Waals surface area contributed by atoms with Crippen molar-refractivity contribution in [1.29, 1.82) is 0 Å². The first kappa shape index (κ1) is 13.8. The maximum Gasteiger partial charge on any atom is 0.108 e. The highest BCUT2D eigenvalue weighted by molar-refractivity contribution is 5.17. The monoisotopic (exact) mass is 257 g/mol. The van der Waals surface area contributed by atoms with Crippen molar-refractivity contribution in [1.82, 2.24) is 9.55 Å². The van der Waals surface area contributed by atoms with Crippen LogP contribution < -0.4 is 5.73 Å². The molecule has 1 aromatic heterocycles. The summed E-state index contributed by atoms with van der Waals surface area (Å²) in [5.74, 6) is 1.11. The molecule has 102 valence electrons. The Kier molecular flexibility index (Phi) is 4.38. The number of hydrogen-bond donors (Lipinski definition) is 1. The second-order valence-corrected chi connectivity index (χ2v) is 5.33. The first-order valence-electron chi connectivity index (χ1n) is 6.92. The van der Waals surface area contributed by atoms with Gasteiger partial charge in [-0.1, -0.05) is 37.3 Å². The summed E-state index contributed by atoms with van der Waals surface area (Å²) in [5, 5.41) is 0. The molecule has 0 radical (unpaired) electrons. The standard InChI is InChI=1S/C16H23N3/c1-3-16(17,13-14-7-5-4-6-8-14)10-9-15-18-11-12-19(15)2/h4-8,11-12H,3,9-10,13,17H2,1-2H3. The number of aromatic nitrogens is 2. The van der Waals surface area contributed by atoms with Gasteiger partial charge in [0, 0.05) is 31.4 Å². The molecule has 0 bridgehead atoms. The first-order chi connectivity index (χ1) is 9.13. The Morgan fingerprint density at radius 1 is 1.26 bits per heavy atom. The van der Waals surface area contributed by atoms with E-state index in [1.54, 1.807) is 0 Å². The maximum atomic E-state index is 6.56. The summed E-state index contributed by atoms with van der Waals surface area (Å²) >= 11 is 0. The highest BCUT2D eigenvalue weighted by Crippen LogP contribution is 2.20. The van der Waals surface area contributed by atoms with Crippen LogP contribution in [0.15, 0.2) is 42.7 Å². The van der Waals surface area contributed by atoms with Crippen LogP contribution in [0.5, 0.6) is 0 Å². The summed E-state index contributed by atoms with van der Waals surface area (Å²) in [7, 11) is 2.03. The molecular weight excluding hydrogens is 234 g/mol. The molecule has 0 aliphatic carbocycles. The molecule has 2 rings (SSSR count). The Hall–Kier alpha value is -1.61. The van der Waals surface area contributed by atoms with Crippen molar-refractivity contribution in [3.8, 4) is 0 Å². The van der Waals surface area contributed by atoms with Gasteiger partial charge in [0.25, 0.3) is 0 Å². The molecule has 0 amide bonds. The lowest BCUT2D eigenvalue weighted by Crippen LogP contribution is -2.42. The molecular formula is C16H23N3. The zero-order valence-corrected chi connectivity index (χ0v) is 11.8. The summed E-state index contributed by atoms with van der Waals surface area (Å²) in [6.07, 6.45) is 7.62. The van der Waals surface area contributed by atoms with Gasteiger partial charge in [0.2, 0.25) is 0 Å². The summed E-state index contributed by atoms with van der Waals surface area (Å²) in [4.78, 5) is 4.37. The minimum absolute atomic E-state index is 0.146. The second kappa shape index (κ2) is 6.02. The zero-order valence-electron chi connectivity index (χ0n) is 11.8. The number of imidazole rings is 1. The van der Waals surface area contributed by atoms with Gasteiger partial charge in [0.1, 0.15) is 5.82 Å². The zero-order chi connectivity index (χ0) is 13.7. The molecule has 0 fully saturated rings. The Bertz CT molecular complexity index is 504. The van der Waals surface area contributed by atoms with Crippen LogP contribution in [0.3, 0.4) is 0 Å². The van der Waals surface area contributed by atoms with E-state index in [9.17, 15) is 0 Å². The molecule has 19 heavy (non-hydrogen) atoms. The molecule has 3 heteroatoms. The Morgan fingerprint density at radius 2 is 2.00 bits per heavy atom. The fourth-order valence-corrected chi connectivity index (χ4v) is 2.39. The predicted octanol–water partition coefficient (Wildman–Crippen LogP) is 2.70. The smallest absolute Gasteiger partial charge is 0.108 e. The van der Waals surface area contributed by atoms with Crippen molar-refractivity contribution < 1.29 is 0 Å². The van der Waals surface area contributed by atoms with Gasteiger partial charge in [0.05, 0.1) is 0 Å². The van der Waals surface area contributed by atoms with E-state index in [0.717, 1.165) is 31.5 Å². The van der Waals surface area contributed by atoms with Gasteiger partial charge >= 0.3 is 0 Å². The molecule has 2 aromatic rings. The first-order valence-corrected chi connectivity index (χ1v) is 6.92. The minimum Gasteiger partial charge on any atom is -0.338 e. The van der Waals surface area contributed by atoms with Crippen LogP contribution in [0.2, 0.25) is 0 Å². The summed E-state index contributed by atoms with van der Waals surface area (Å²) in [5.41, 5.74) is 7.73. The van der Waals surface area contributed by atoms with E-state index >= 15 is 0 Å². The van der Waals surface area contributed by atoms with Crippen molar-refractivity contribution >= 4 is 0 Å². The SMILES string of the molecule is CCC(N)(CCc1nccn1C)Cc1ccccc1. The van der Waals surface area contributed by atoms with E-state index in [0.29, 0.717) is 0 Å². The summed E-state index contributed by atoms with van der Waals surface area (Å²) < 4.78 is 2.07. The normalized spacial score (nSPS) is 14.3. The Balaban J connectivity index is 2.00. The number of nitrogens with zero attached hydrogens (tertiary/aromatic N) is 2. The van der Waals surface area contributed by atoms with Crippen molar-refractivity contribution in [2.45, 2.75) is 38.1 Å². The average molecular weight is 257 g/mol. The van der Waals surface area contributed by atoms with Crippen molar-refractivity contribution in [2.75, 3.05) is 0 Å². The van der Waals surface area contributed by atoms with Crippen molar-refractivity contribution in [3.05, 3.63) is 54.1 Å². The van der Waals surface area contributed by atoms with Crippen molar-refractivity contribution in [3.63, 3.8) is 0 Å². The van der Waals surface area contributed by atoms with Crippen LogP contribution in [0, 0.1) is 0 Å². The summed E-state index contributed by atoms with van der Waals surface area (Å²) in [6.45, 7) is 2.17. The molecule has 0 aliphatic heterocycles. The molecule has 1 aromatic carbocycles. The van der Waals surface area contributed by atoms with Gasteiger partial charge in [-0.25, -0.2) is 4.98 Å². The fourth-order valence-electron chi connectivity index (χ4n) is 2.39. The van der Waals surface area contributed by atoms with Gasteiger partial charge in [-0.15, -0.1) is 0 Å². The van der Waals surface area contributed by atoms with E-state index in [2.05, 4.69) is 40.7 Å². The third-order valence-corrected chi connectivity index (χ3v) is 3.87. The number of benzene rings is 1. The highest BCUT2D eigenvalue weighted by Gasteiger charge is 2.23. The second-order valence-electron chi connectivity index (χ2n) is 5.33. The van der Waals surface area contributed by atoms with E-state index in [1.165, 1.54) is 5.56 Å². The van der Waals surface area contributed by atoms with Gasteiger partial charge in [-0.2, -0.15) is 0 Å². The Morgan fingerprint density at radius 3 is 2.58 bits per heavy atom. The lowest BCUT2D eigenvalue weighted by molar-refractivity contribution is 0.372. The quantitative estimate of drug-likeness (QED) is 0.864. The minimum atomic E-state index is -0.146.